The molecule has 0 saturated carbocycles. The third-order valence-electron chi connectivity index (χ3n) is 2.84. The normalized spacial score (nSPS) is 14.5. The van der Waals surface area contributed by atoms with Crippen molar-refractivity contribution in [2.75, 3.05) is 17.7 Å². The van der Waals surface area contributed by atoms with Crippen molar-refractivity contribution in [3.8, 4) is 0 Å². The Morgan fingerprint density at radius 1 is 1.42 bits per heavy atom. The van der Waals surface area contributed by atoms with Gasteiger partial charge in [0, 0.05) is 11.4 Å². The summed E-state index contributed by atoms with van der Waals surface area (Å²) in [5, 5.41) is 0. The summed E-state index contributed by atoms with van der Waals surface area (Å²) < 4.78 is 19.4. The molecule has 1 aromatic carbocycles. The van der Waals surface area contributed by atoms with Crippen LogP contribution in [-0.2, 0) is 11.2 Å². The van der Waals surface area contributed by atoms with Crippen molar-refractivity contribution in [3.05, 3.63) is 23.5 Å². The Kier molecular flexibility index (Phi) is 3.76. The number of carbonyl (C=O) groups excluding carboxylic acids is 1. The molecule has 0 saturated heterocycles. The molecule has 3 nitrogen and oxygen atoms in total. The van der Waals surface area contributed by atoms with Crippen molar-refractivity contribution in [2.45, 2.75) is 37.7 Å². The topological polar surface area (TPSA) is 29.5 Å². The van der Waals surface area contributed by atoms with Gasteiger partial charge in [-0.15, -0.1) is 11.8 Å². The molecule has 1 aliphatic heterocycles. The second kappa shape index (κ2) is 5.04. The van der Waals surface area contributed by atoms with Gasteiger partial charge in [0.2, 0.25) is 0 Å². The van der Waals surface area contributed by atoms with Gasteiger partial charge in [-0.3, -0.25) is 4.90 Å². The fourth-order valence-corrected chi connectivity index (χ4v) is 2.56. The van der Waals surface area contributed by atoms with Crippen molar-refractivity contribution < 1.29 is 13.9 Å². The number of hydrogen-bond donors (Lipinski definition) is 0. The van der Waals surface area contributed by atoms with Crippen molar-refractivity contribution in [3.63, 3.8) is 0 Å². The molecule has 0 bridgehead atoms. The maximum atomic E-state index is 14.1. The lowest BCUT2D eigenvalue weighted by Crippen LogP contribution is -2.36. The zero-order valence-corrected chi connectivity index (χ0v) is 12.4. The number of fused-ring (bicyclic) bond motifs is 1. The zero-order valence-electron chi connectivity index (χ0n) is 11.6. The van der Waals surface area contributed by atoms with E-state index >= 15 is 0 Å². The maximum absolute atomic E-state index is 14.1. The molecule has 2 rings (SSSR count). The third kappa shape index (κ3) is 3.03. The van der Waals surface area contributed by atoms with Crippen LogP contribution >= 0.6 is 11.8 Å². The van der Waals surface area contributed by atoms with Gasteiger partial charge in [0.15, 0.2) is 0 Å². The largest absolute Gasteiger partial charge is 0.443 e. The number of halogens is 1. The highest BCUT2D eigenvalue weighted by Crippen LogP contribution is 2.35. The molecule has 1 aliphatic rings. The van der Waals surface area contributed by atoms with E-state index in [0.717, 1.165) is 10.5 Å². The molecule has 1 aromatic rings. The van der Waals surface area contributed by atoms with Gasteiger partial charge in [0.1, 0.15) is 11.4 Å². The van der Waals surface area contributed by atoms with Gasteiger partial charge in [-0.1, -0.05) is 0 Å². The van der Waals surface area contributed by atoms with Gasteiger partial charge in [0.05, 0.1) is 5.69 Å². The Labute approximate surface area is 117 Å². The van der Waals surface area contributed by atoms with Crippen molar-refractivity contribution >= 4 is 23.5 Å². The molecule has 1 heterocycles. The van der Waals surface area contributed by atoms with E-state index in [9.17, 15) is 9.18 Å². The summed E-state index contributed by atoms with van der Waals surface area (Å²) in [6.07, 6.45) is 2.09. The number of rotatable bonds is 1. The molecule has 1 amide bonds. The minimum atomic E-state index is -0.574. The van der Waals surface area contributed by atoms with Crippen molar-refractivity contribution in [2.24, 2.45) is 0 Å². The van der Waals surface area contributed by atoms with Crippen LogP contribution in [0.4, 0.5) is 14.9 Å². The van der Waals surface area contributed by atoms with Gasteiger partial charge in [0.25, 0.3) is 0 Å². The van der Waals surface area contributed by atoms with Gasteiger partial charge in [-0.25, -0.2) is 9.18 Å². The Morgan fingerprint density at radius 3 is 2.68 bits per heavy atom. The Hall–Kier alpha value is -1.23. The maximum Gasteiger partial charge on any atom is 0.414 e. The molecule has 0 fully saturated rings. The summed E-state index contributed by atoms with van der Waals surface area (Å²) in [5.41, 5.74) is 0.664. The molecule has 104 valence electrons. The first-order chi connectivity index (χ1) is 8.81. The first-order valence-corrected chi connectivity index (χ1v) is 7.41. The number of thioether (sulfide) groups is 1. The van der Waals surface area contributed by atoms with Gasteiger partial charge >= 0.3 is 6.09 Å². The second-order valence-electron chi connectivity index (χ2n) is 5.50. The Balaban J connectivity index is 2.29. The molecule has 0 aromatic heterocycles. The standard InChI is InChI=1S/C14H18FNO2S/c1-14(2,3)18-13(17)16-6-5-9-7-10(19-4)8-11(15)12(9)16/h7-8H,5-6H2,1-4H3. The van der Waals surface area contributed by atoms with E-state index in [0.29, 0.717) is 18.7 Å². The van der Waals surface area contributed by atoms with Crippen LogP contribution in [0, 0.1) is 5.82 Å². The minimum Gasteiger partial charge on any atom is -0.443 e. The summed E-state index contributed by atoms with van der Waals surface area (Å²) in [6.45, 7) is 5.87. The minimum absolute atomic E-state index is 0.356. The van der Waals surface area contributed by atoms with Gasteiger partial charge in [-0.05, 0) is 51.1 Å². The highest BCUT2D eigenvalue weighted by molar-refractivity contribution is 7.98. The molecular formula is C14H18FNO2S. The number of benzene rings is 1. The SMILES string of the molecule is CSc1cc(F)c2c(c1)CCN2C(=O)OC(C)(C)C. The van der Waals surface area contributed by atoms with Crippen LogP contribution in [0.1, 0.15) is 26.3 Å². The van der Waals surface area contributed by atoms with Crippen molar-refractivity contribution in [1.82, 2.24) is 0 Å². The van der Waals surface area contributed by atoms with Gasteiger partial charge < -0.3 is 4.74 Å². The van der Waals surface area contributed by atoms with Crippen LogP contribution in [0.5, 0.6) is 0 Å². The molecule has 0 spiro atoms. The van der Waals surface area contributed by atoms with E-state index in [1.807, 2.05) is 12.3 Å². The lowest BCUT2D eigenvalue weighted by atomic mass is 10.1. The van der Waals surface area contributed by atoms with Crippen LogP contribution in [-0.4, -0.2) is 24.5 Å². The van der Waals surface area contributed by atoms with Gasteiger partial charge in [-0.2, -0.15) is 0 Å². The number of carbonyl (C=O) groups is 1. The monoisotopic (exact) mass is 283 g/mol. The second-order valence-corrected chi connectivity index (χ2v) is 6.38. The number of hydrogen-bond acceptors (Lipinski definition) is 3. The summed E-state index contributed by atoms with van der Waals surface area (Å²) in [6, 6.07) is 3.40. The molecule has 5 heteroatoms. The number of anilines is 1. The zero-order chi connectivity index (χ0) is 14.2. The lowest BCUT2D eigenvalue weighted by Gasteiger charge is -2.25. The fourth-order valence-electron chi connectivity index (χ4n) is 2.08. The molecule has 0 aliphatic carbocycles. The smallest absolute Gasteiger partial charge is 0.414 e. The average Bonchev–Trinajstić information content (AvgIpc) is 2.70. The predicted octanol–water partition coefficient (Wildman–Crippen LogP) is 3.85. The Morgan fingerprint density at radius 2 is 2.11 bits per heavy atom. The lowest BCUT2D eigenvalue weighted by molar-refractivity contribution is 0.0583. The van der Waals surface area contributed by atoms with Crippen LogP contribution in [0.15, 0.2) is 17.0 Å². The highest BCUT2D eigenvalue weighted by atomic mass is 32.2. The quantitative estimate of drug-likeness (QED) is 0.733. The molecular weight excluding hydrogens is 265 g/mol. The highest BCUT2D eigenvalue weighted by Gasteiger charge is 2.31. The van der Waals surface area contributed by atoms with E-state index in [2.05, 4.69) is 0 Å². The summed E-state index contributed by atoms with van der Waals surface area (Å²) in [5.74, 6) is -0.356. The van der Waals surface area contributed by atoms with E-state index < -0.39 is 11.7 Å². The fraction of sp³-hybridized carbons (Fsp3) is 0.500. The number of nitrogens with zero attached hydrogens (tertiary/aromatic N) is 1. The van der Waals surface area contributed by atoms with Crippen molar-refractivity contribution in [1.29, 1.82) is 0 Å². The number of amides is 1. The number of ether oxygens (including phenoxy) is 1. The predicted molar refractivity (Wildman–Crippen MR) is 75.5 cm³/mol. The summed E-state index contributed by atoms with van der Waals surface area (Å²) in [7, 11) is 0. The van der Waals surface area contributed by atoms with E-state index in [-0.39, 0.29) is 5.82 Å². The van der Waals surface area contributed by atoms with Crippen LogP contribution in [0.3, 0.4) is 0 Å². The summed E-state index contributed by atoms with van der Waals surface area (Å²) >= 11 is 1.49. The third-order valence-corrected chi connectivity index (χ3v) is 3.55. The first kappa shape index (κ1) is 14.2. The molecule has 0 atom stereocenters. The van der Waals surface area contributed by atoms with Crippen LogP contribution < -0.4 is 4.90 Å². The van der Waals surface area contributed by atoms with E-state index in [1.165, 1.54) is 22.7 Å². The molecule has 0 unspecified atom stereocenters. The first-order valence-electron chi connectivity index (χ1n) is 6.19. The molecule has 19 heavy (non-hydrogen) atoms. The van der Waals surface area contributed by atoms with Crippen LogP contribution in [0.2, 0.25) is 0 Å². The van der Waals surface area contributed by atoms with E-state index in [4.69, 9.17) is 4.74 Å². The molecule has 0 radical (unpaired) electrons. The van der Waals surface area contributed by atoms with E-state index in [1.54, 1.807) is 20.8 Å². The van der Waals surface area contributed by atoms with Crippen LogP contribution in [0.25, 0.3) is 0 Å². The Bertz CT molecular complexity index is 511. The molecule has 0 N–H and O–H groups in total. The average molecular weight is 283 g/mol. The summed E-state index contributed by atoms with van der Waals surface area (Å²) in [4.78, 5) is 14.3.